The van der Waals surface area contributed by atoms with Crippen LogP contribution in [0.1, 0.15) is 19.3 Å². The van der Waals surface area contributed by atoms with Gasteiger partial charge in [-0.2, -0.15) is 0 Å². The first-order valence-electron chi connectivity index (χ1n) is 4.75. The molecule has 0 aliphatic heterocycles. The molecule has 1 aliphatic carbocycles. The van der Waals surface area contributed by atoms with E-state index in [1.54, 1.807) is 6.07 Å². The third-order valence-corrected chi connectivity index (χ3v) is 2.76. The molecule has 1 aromatic heterocycles. The first kappa shape index (κ1) is 9.40. The second-order valence-corrected chi connectivity index (χ2v) is 3.75. The summed E-state index contributed by atoms with van der Waals surface area (Å²) in [5.41, 5.74) is -0.338. The van der Waals surface area contributed by atoms with Crippen LogP contribution in [0.4, 0.5) is 10.2 Å². The van der Waals surface area contributed by atoms with Gasteiger partial charge in [0.05, 0.1) is 12.1 Å². The first-order chi connectivity index (χ1) is 6.76. The van der Waals surface area contributed by atoms with Crippen molar-refractivity contribution in [1.29, 1.82) is 0 Å². The SMILES string of the molecule is OCC1(Nc2ncccc2F)CCC1. The van der Waals surface area contributed by atoms with Crippen molar-refractivity contribution in [3.8, 4) is 0 Å². The molecule has 0 bridgehead atoms. The minimum absolute atomic E-state index is 0.0308. The second-order valence-electron chi connectivity index (χ2n) is 3.75. The van der Waals surface area contributed by atoms with Gasteiger partial charge >= 0.3 is 0 Å². The molecule has 1 heterocycles. The standard InChI is InChI=1S/C10H13FN2O/c11-8-3-1-6-12-9(8)13-10(7-14)4-2-5-10/h1,3,6,14H,2,4-5,7H2,(H,12,13). The van der Waals surface area contributed by atoms with Gasteiger partial charge in [0.25, 0.3) is 0 Å². The van der Waals surface area contributed by atoms with Crippen LogP contribution in [-0.4, -0.2) is 22.2 Å². The number of pyridine rings is 1. The Morgan fingerprint density at radius 3 is 2.86 bits per heavy atom. The zero-order valence-corrected chi connectivity index (χ0v) is 7.83. The van der Waals surface area contributed by atoms with Crippen LogP contribution in [-0.2, 0) is 0 Å². The lowest BCUT2D eigenvalue weighted by Crippen LogP contribution is -2.48. The highest BCUT2D eigenvalue weighted by Gasteiger charge is 2.36. The molecule has 76 valence electrons. The van der Waals surface area contributed by atoms with E-state index in [2.05, 4.69) is 10.3 Å². The summed E-state index contributed by atoms with van der Waals surface area (Å²) >= 11 is 0. The normalized spacial score (nSPS) is 18.7. The molecular weight excluding hydrogens is 183 g/mol. The highest BCUT2D eigenvalue weighted by atomic mass is 19.1. The van der Waals surface area contributed by atoms with Crippen molar-refractivity contribution in [3.63, 3.8) is 0 Å². The molecule has 0 aromatic carbocycles. The fraction of sp³-hybridized carbons (Fsp3) is 0.500. The minimum atomic E-state index is -0.368. The van der Waals surface area contributed by atoms with Crippen LogP contribution >= 0.6 is 0 Å². The number of rotatable bonds is 3. The van der Waals surface area contributed by atoms with E-state index >= 15 is 0 Å². The largest absolute Gasteiger partial charge is 0.394 e. The average molecular weight is 196 g/mol. The van der Waals surface area contributed by atoms with Crippen molar-refractivity contribution in [3.05, 3.63) is 24.1 Å². The fourth-order valence-electron chi connectivity index (χ4n) is 1.66. The van der Waals surface area contributed by atoms with Crippen LogP contribution in [0.5, 0.6) is 0 Å². The summed E-state index contributed by atoms with van der Waals surface area (Å²) in [5, 5.41) is 12.1. The minimum Gasteiger partial charge on any atom is -0.394 e. The molecule has 2 rings (SSSR count). The van der Waals surface area contributed by atoms with Gasteiger partial charge in [-0.15, -0.1) is 0 Å². The second kappa shape index (κ2) is 3.53. The monoisotopic (exact) mass is 196 g/mol. The predicted molar refractivity (Wildman–Crippen MR) is 51.5 cm³/mol. The summed E-state index contributed by atoms with van der Waals surface area (Å²) in [6.07, 6.45) is 4.36. The number of nitrogens with one attached hydrogen (secondary N) is 1. The Morgan fingerprint density at radius 2 is 2.36 bits per heavy atom. The number of hydrogen-bond donors (Lipinski definition) is 2. The van der Waals surface area contributed by atoms with E-state index in [0.717, 1.165) is 19.3 Å². The Labute approximate surface area is 82.0 Å². The van der Waals surface area contributed by atoms with E-state index in [9.17, 15) is 9.50 Å². The van der Waals surface area contributed by atoms with Gasteiger partial charge in [0.2, 0.25) is 0 Å². The summed E-state index contributed by atoms with van der Waals surface area (Å²) in [4.78, 5) is 3.90. The number of hydrogen-bond acceptors (Lipinski definition) is 3. The van der Waals surface area contributed by atoms with Crippen molar-refractivity contribution in [2.75, 3.05) is 11.9 Å². The number of halogens is 1. The fourth-order valence-corrected chi connectivity index (χ4v) is 1.66. The van der Waals surface area contributed by atoms with Gasteiger partial charge in [-0.25, -0.2) is 9.37 Å². The van der Waals surface area contributed by atoms with Crippen molar-refractivity contribution in [2.45, 2.75) is 24.8 Å². The first-order valence-corrected chi connectivity index (χ1v) is 4.75. The lowest BCUT2D eigenvalue weighted by Gasteiger charge is -2.41. The Morgan fingerprint density at radius 1 is 1.57 bits per heavy atom. The van der Waals surface area contributed by atoms with Crippen molar-refractivity contribution in [1.82, 2.24) is 4.98 Å². The summed E-state index contributed by atoms with van der Waals surface area (Å²) in [7, 11) is 0. The highest BCUT2D eigenvalue weighted by Crippen LogP contribution is 2.34. The molecule has 0 unspecified atom stereocenters. The lowest BCUT2D eigenvalue weighted by molar-refractivity contribution is 0.143. The van der Waals surface area contributed by atoms with E-state index in [4.69, 9.17) is 0 Å². The Balaban J connectivity index is 2.13. The molecular formula is C10H13FN2O. The molecule has 4 heteroatoms. The van der Waals surface area contributed by atoms with Gasteiger partial charge in [0.15, 0.2) is 11.6 Å². The highest BCUT2D eigenvalue weighted by molar-refractivity contribution is 5.39. The molecule has 0 spiro atoms. The van der Waals surface area contributed by atoms with Crippen LogP contribution in [0.25, 0.3) is 0 Å². The predicted octanol–water partition coefficient (Wildman–Crippen LogP) is 1.55. The molecule has 0 atom stereocenters. The Kier molecular flexibility index (Phi) is 2.37. The quantitative estimate of drug-likeness (QED) is 0.771. The average Bonchev–Trinajstić information content (AvgIpc) is 2.14. The van der Waals surface area contributed by atoms with E-state index < -0.39 is 0 Å². The summed E-state index contributed by atoms with van der Waals surface area (Å²) in [6.45, 7) is 0.0308. The lowest BCUT2D eigenvalue weighted by atomic mass is 9.77. The Bertz CT molecular complexity index is 320. The maximum absolute atomic E-state index is 13.2. The van der Waals surface area contributed by atoms with Gasteiger partial charge in [-0.05, 0) is 31.4 Å². The molecule has 1 saturated carbocycles. The molecule has 3 nitrogen and oxygen atoms in total. The summed E-state index contributed by atoms with van der Waals surface area (Å²) < 4.78 is 13.2. The molecule has 14 heavy (non-hydrogen) atoms. The van der Waals surface area contributed by atoms with Crippen molar-refractivity contribution in [2.24, 2.45) is 0 Å². The maximum atomic E-state index is 13.2. The molecule has 0 saturated heterocycles. The van der Waals surface area contributed by atoms with E-state index in [0.29, 0.717) is 0 Å². The molecule has 1 fully saturated rings. The van der Waals surface area contributed by atoms with Crippen LogP contribution in [0, 0.1) is 5.82 Å². The topological polar surface area (TPSA) is 45.1 Å². The molecule has 1 aliphatic rings. The molecule has 1 aromatic rings. The van der Waals surface area contributed by atoms with E-state index in [-0.39, 0.29) is 23.8 Å². The third kappa shape index (κ3) is 1.57. The van der Waals surface area contributed by atoms with Gasteiger partial charge in [0, 0.05) is 6.20 Å². The summed E-state index contributed by atoms with van der Waals surface area (Å²) in [5.74, 6) is -0.131. The molecule has 0 amide bonds. The Hall–Kier alpha value is -1.16. The van der Waals surface area contributed by atoms with E-state index in [1.165, 1.54) is 12.3 Å². The molecule has 2 N–H and O–H groups in total. The molecule has 0 radical (unpaired) electrons. The number of aromatic nitrogens is 1. The number of anilines is 1. The van der Waals surface area contributed by atoms with Crippen LogP contribution < -0.4 is 5.32 Å². The zero-order chi connectivity index (χ0) is 10.0. The van der Waals surface area contributed by atoms with Gasteiger partial charge in [-0.3, -0.25) is 0 Å². The van der Waals surface area contributed by atoms with Crippen molar-refractivity contribution < 1.29 is 9.50 Å². The zero-order valence-electron chi connectivity index (χ0n) is 7.83. The van der Waals surface area contributed by atoms with Gasteiger partial charge in [-0.1, -0.05) is 0 Å². The third-order valence-electron chi connectivity index (χ3n) is 2.76. The number of aliphatic hydroxyl groups is 1. The number of nitrogens with zero attached hydrogens (tertiary/aromatic N) is 1. The smallest absolute Gasteiger partial charge is 0.165 e. The van der Waals surface area contributed by atoms with Crippen LogP contribution in [0.3, 0.4) is 0 Å². The van der Waals surface area contributed by atoms with Gasteiger partial charge in [0.1, 0.15) is 0 Å². The summed E-state index contributed by atoms with van der Waals surface area (Å²) in [6, 6.07) is 2.91. The van der Waals surface area contributed by atoms with Crippen molar-refractivity contribution >= 4 is 5.82 Å². The van der Waals surface area contributed by atoms with E-state index in [1.807, 2.05) is 0 Å². The maximum Gasteiger partial charge on any atom is 0.165 e. The van der Waals surface area contributed by atoms with Crippen LogP contribution in [0.15, 0.2) is 18.3 Å². The van der Waals surface area contributed by atoms with Gasteiger partial charge < -0.3 is 10.4 Å². The van der Waals surface area contributed by atoms with Crippen LogP contribution in [0.2, 0.25) is 0 Å². The number of aliphatic hydroxyl groups excluding tert-OH is 1.